The maximum absolute atomic E-state index is 12.4. The zero-order chi connectivity index (χ0) is 17.9. The number of thioether (sulfide) groups is 1. The van der Waals surface area contributed by atoms with Gasteiger partial charge in [0.25, 0.3) is 0 Å². The number of benzene rings is 2. The quantitative estimate of drug-likeness (QED) is 0.849. The summed E-state index contributed by atoms with van der Waals surface area (Å²) in [5.74, 6) is 2.28. The summed E-state index contributed by atoms with van der Waals surface area (Å²) in [6.07, 6.45) is 0.776. The van der Waals surface area contributed by atoms with Crippen LogP contribution >= 0.6 is 11.8 Å². The fourth-order valence-electron chi connectivity index (χ4n) is 3.16. The Hall–Kier alpha value is -1.94. The summed E-state index contributed by atoms with van der Waals surface area (Å²) in [7, 11) is 0. The highest BCUT2D eigenvalue weighted by molar-refractivity contribution is 7.99. The maximum Gasteiger partial charge on any atom is 0.230 e. The average Bonchev–Trinajstić information content (AvgIpc) is 2.54. The number of hydrogen-bond acceptors (Lipinski definition) is 3. The van der Waals surface area contributed by atoms with Crippen molar-refractivity contribution in [2.75, 3.05) is 5.75 Å². The topological polar surface area (TPSA) is 38.3 Å². The number of ether oxygens (including phenoxy) is 1. The number of carbonyl (C=O) groups excluding carboxylic acids is 1. The first-order chi connectivity index (χ1) is 11.9. The van der Waals surface area contributed by atoms with Crippen LogP contribution in [-0.4, -0.2) is 17.3 Å². The summed E-state index contributed by atoms with van der Waals surface area (Å²) >= 11 is 1.64. The number of hydrogen-bond donors (Lipinski definition) is 1. The summed E-state index contributed by atoms with van der Waals surface area (Å²) in [4.78, 5) is 12.4. The summed E-state index contributed by atoms with van der Waals surface area (Å²) in [6.45, 7) is 6.20. The molecule has 0 aliphatic carbocycles. The Labute approximate surface area is 154 Å². The molecular weight excluding hydrogens is 330 g/mol. The van der Waals surface area contributed by atoms with E-state index in [0.29, 0.717) is 5.75 Å². The maximum atomic E-state index is 12.4. The third-order valence-electron chi connectivity index (χ3n) is 4.31. The molecule has 0 fully saturated rings. The van der Waals surface area contributed by atoms with Crippen LogP contribution in [-0.2, 0) is 10.5 Å². The smallest absolute Gasteiger partial charge is 0.230 e. The summed E-state index contributed by atoms with van der Waals surface area (Å²) < 4.78 is 6.09. The predicted octanol–water partition coefficient (Wildman–Crippen LogP) is 4.65. The molecule has 1 unspecified atom stereocenters. The number of amides is 1. The van der Waals surface area contributed by atoms with Gasteiger partial charge in [0.2, 0.25) is 5.91 Å². The first kappa shape index (κ1) is 17.9. The van der Waals surface area contributed by atoms with Gasteiger partial charge in [0.05, 0.1) is 11.8 Å². The summed E-state index contributed by atoms with van der Waals surface area (Å²) in [5, 5.41) is 3.20. The molecule has 1 N–H and O–H groups in total. The van der Waals surface area contributed by atoms with Crippen molar-refractivity contribution in [1.29, 1.82) is 0 Å². The van der Waals surface area contributed by atoms with Gasteiger partial charge in [-0.3, -0.25) is 4.79 Å². The van der Waals surface area contributed by atoms with Gasteiger partial charge in [-0.05, 0) is 38.0 Å². The lowest BCUT2D eigenvalue weighted by molar-refractivity contribution is -0.119. The number of aryl methyl sites for hydroxylation is 1. The molecule has 1 aliphatic heterocycles. The molecule has 25 heavy (non-hydrogen) atoms. The van der Waals surface area contributed by atoms with Gasteiger partial charge in [0, 0.05) is 17.7 Å². The Morgan fingerprint density at radius 2 is 2.00 bits per heavy atom. The van der Waals surface area contributed by atoms with Crippen molar-refractivity contribution in [3.63, 3.8) is 0 Å². The molecule has 2 aromatic carbocycles. The molecule has 3 rings (SSSR count). The standard InChI is InChI=1S/C21H25NO2S/c1-15-9-10-17-18(12-21(2,3)24-19(17)11-15)22-20(23)14-25-13-16-7-5-4-6-8-16/h4-11,18H,12-14H2,1-3H3,(H,22,23). The van der Waals surface area contributed by atoms with Gasteiger partial charge < -0.3 is 10.1 Å². The van der Waals surface area contributed by atoms with Gasteiger partial charge in [-0.25, -0.2) is 0 Å². The summed E-state index contributed by atoms with van der Waals surface area (Å²) in [6, 6.07) is 16.4. The van der Waals surface area contributed by atoms with E-state index in [2.05, 4.69) is 56.4 Å². The fraction of sp³-hybridized carbons (Fsp3) is 0.381. The van der Waals surface area contributed by atoms with Crippen molar-refractivity contribution in [1.82, 2.24) is 5.32 Å². The van der Waals surface area contributed by atoms with E-state index in [0.717, 1.165) is 23.5 Å². The van der Waals surface area contributed by atoms with E-state index < -0.39 is 0 Å². The first-order valence-corrected chi connectivity index (χ1v) is 9.79. The number of carbonyl (C=O) groups is 1. The molecule has 0 spiro atoms. The molecule has 0 radical (unpaired) electrons. The van der Waals surface area contributed by atoms with Gasteiger partial charge in [0.15, 0.2) is 0 Å². The van der Waals surface area contributed by atoms with Crippen LogP contribution in [0.1, 0.15) is 43.0 Å². The Morgan fingerprint density at radius 3 is 2.76 bits per heavy atom. The Balaban J connectivity index is 1.61. The molecule has 0 saturated carbocycles. The largest absolute Gasteiger partial charge is 0.487 e. The molecular formula is C21H25NO2S. The highest BCUT2D eigenvalue weighted by Gasteiger charge is 2.34. The van der Waals surface area contributed by atoms with Gasteiger partial charge >= 0.3 is 0 Å². The number of rotatable bonds is 5. The first-order valence-electron chi connectivity index (χ1n) is 8.63. The van der Waals surface area contributed by atoms with Crippen molar-refractivity contribution in [3.8, 4) is 5.75 Å². The number of nitrogens with one attached hydrogen (secondary N) is 1. The highest BCUT2D eigenvalue weighted by atomic mass is 32.2. The minimum absolute atomic E-state index is 0.00387. The fourth-order valence-corrected chi connectivity index (χ4v) is 3.96. The van der Waals surface area contributed by atoms with E-state index in [1.54, 1.807) is 11.8 Å². The van der Waals surface area contributed by atoms with E-state index in [-0.39, 0.29) is 17.6 Å². The molecule has 0 saturated heterocycles. The zero-order valence-corrected chi connectivity index (χ0v) is 15.9. The highest BCUT2D eigenvalue weighted by Crippen LogP contribution is 2.39. The number of fused-ring (bicyclic) bond motifs is 1. The normalized spacial score (nSPS) is 18.1. The third kappa shape index (κ3) is 4.79. The lowest BCUT2D eigenvalue weighted by atomic mass is 9.89. The van der Waals surface area contributed by atoms with Crippen molar-refractivity contribution in [2.24, 2.45) is 0 Å². The average molecular weight is 356 g/mol. The van der Waals surface area contributed by atoms with E-state index >= 15 is 0 Å². The third-order valence-corrected chi connectivity index (χ3v) is 5.31. The van der Waals surface area contributed by atoms with E-state index in [1.807, 2.05) is 18.2 Å². The zero-order valence-electron chi connectivity index (χ0n) is 15.0. The second-order valence-electron chi connectivity index (χ2n) is 7.21. The lowest BCUT2D eigenvalue weighted by Gasteiger charge is -2.38. The SMILES string of the molecule is Cc1ccc2c(c1)OC(C)(C)CC2NC(=O)CSCc1ccccc1. The predicted molar refractivity (Wildman–Crippen MR) is 104 cm³/mol. The lowest BCUT2D eigenvalue weighted by Crippen LogP contribution is -2.41. The van der Waals surface area contributed by atoms with Crippen LogP contribution in [0.15, 0.2) is 48.5 Å². The monoisotopic (exact) mass is 355 g/mol. The van der Waals surface area contributed by atoms with Gasteiger partial charge in [-0.15, -0.1) is 11.8 Å². The van der Waals surface area contributed by atoms with Gasteiger partial charge in [-0.2, -0.15) is 0 Å². The van der Waals surface area contributed by atoms with Crippen molar-refractivity contribution >= 4 is 17.7 Å². The molecule has 0 aromatic heterocycles. The minimum Gasteiger partial charge on any atom is -0.487 e. The molecule has 3 nitrogen and oxygen atoms in total. The van der Waals surface area contributed by atoms with Crippen LogP contribution in [0.2, 0.25) is 0 Å². The van der Waals surface area contributed by atoms with E-state index in [4.69, 9.17) is 4.74 Å². The van der Waals surface area contributed by atoms with Crippen molar-refractivity contribution in [3.05, 3.63) is 65.2 Å². The molecule has 1 aliphatic rings. The second-order valence-corrected chi connectivity index (χ2v) is 8.19. The van der Waals surface area contributed by atoms with Crippen molar-refractivity contribution < 1.29 is 9.53 Å². The Morgan fingerprint density at radius 1 is 1.24 bits per heavy atom. The molecule has 1 amide bonds. The van der Waals surface area contributed by atoms with E-state index in [1.165, 1.54) is 11.1 Å². The van der Waals surface area contributed by atoms with Crippen LogP contribution in [0.25, 0.3) is 0 Å². The van der Waals surface area contributed by atoms with Crippen molar-refractivity contribution in [2.45, 2.75) is 44.6 Å². The van der Waals surface area contributed by atoms with Gasteiger partial charge in [0.1, 0.15) is 11.4 Å². The summed E-state index contributed by atoms with van der Waals surface area (Å²) in [5.41, 5.74) is 3.20. The minimum atomic E-state index is -0.282. The Bertz CT molecular complexity index is 743. The van der Waals surface area contributed by atoms with Gasteiger partial charge in [-0.1, -0.05) is 42.5 Å². The Kier molecular flexibility index (Phi) is 5.38. The van der Waals surface area contributed by atoms with Crippen LogP contribution in [0, 0.1) is 6.92 Å². The second kappa shape index (κ2) is 7.52. The van der Waals surface area contributed by atoms with E-state index in [9.17, 15) is 4.79 Å². The molecule has 132 valence electrons. The molecule has 2 aromatic rings. The molecule has 1 heterocycles. The molecule has 0 bridgehead atoms. The van der Waals surface area contributed by atoms with Crippen LogP contribution in [0.5, 0.6) is 5.75 Å². The van der Waals surface area contributed by atoms with Crippen LogP contribution in [0.3, 0.4) is 0 Å². The van der Waals surface area contributed by atoms with Crippen LogP contribution < -0.4 is 10.1 Å². The molecule has 4 heteroatoms. The molecule has 1 atom stereocenters. The van der Waals surface area contributed by atoms with Crippen LogP contribution in [0.4, 0.5) is 0 Å².